The Balaban J connectivity index is 1.79. The van der Waals surface area contributed by atoms with Crippen molar-refractivity contribution in [2.75, 3.05) is 7.11 Å². The number of hydrogen-bond acceptors (Lipinski definition) is 5. The van der Waals surface area contributed by atoms with Crippen molar-refractivity contribution in [3.63, 3.8) is 0 Å². The van der Waals surface area contributed by atoms with Gasteiger partial charge in [0, 0.05) is 11.2 Å². The zero-order valence-corrected chi connectivity index (χ0v) is 16.8. The minimum Gasteiger partial charge on any atom is -0.497 e. The number of ether oxygens (including phenoxy) is 1. The second kappa shape index (κ2) is 8.04. The molecule has 1 N–H and O–H groups in total. The van der Waals surface area contributed by atoms with Gasteiger partial charge in [-0.1, -0.05) is 35.9 Å². The van der Waals surface area contributed by atoms with Gasteiger partial charge in [-0.25, -0.2) is 18.1 Å². The molecule has 0 aliphatic heterocycles. The summed E-state index contributed by atoms with van der Waals surface area (Å²) in [5, 5.41) is 0.519. The maximum Gasteiger partial charge on any atom is 0.285 e. The third-order valence-electron chi connectivity index (χ3n) is 4.09. The topological polar surface area (TPSA) is 90.3 Å². The third-order valence-corrected chi connectivity index (χ3v) is 5.79. The van der Waals surface area contributed by atoms with E-state index in [1.165, 1.54) is 18.3 Å². The summed E-state index contributed by atoms with van der Waals surface area (Å²) in [4.78, 5) is 16.6. The van der Waals surface area contributed by atoms with Crippen molar-refractivity contribution in [2.45, 2.75) is 18.4 Å². The molecule has 3 rings (SSSR count). The minimum absolute atomic E-state index is 0.00152. The van der Waals surface area contributed by atoms with Crippen molar-refractivity contribution < 1.29 is 17.9 Å². The first-order valence-corrected chi connectivity index (χ1v) is 10.1. The second-order valence-electron chi connectivity index (χ2n) is 6.01. The number of sulfonamides is 1. The first-order valence-electron chi connectivity index (χ1n) is 8.28. The molecule has 1 aromatic heterocycles. The highest BCUT2D eigenvalue weighted by atomic mass is 35.5. The molecule has 7 nitrogen and oxygen atoms in total. The molecule has 0 radical (unpaired) electrons. The molecular weight excluding hydrogens is 402 g/mol. The molecule has 0 aliphatic rings. The fourth-order valence-corrected chi connectivity index (χ4v) is 3.79. The summed E-state index contributed by atoms with van der Waals surface area (Å²) in [6, 6.07) is 13.0. The van der Waals surface area contributed by atoms with Crippen LogP contribution < -0.4 is 9.46 Å². The summed E-state index contributed by atoms with van der Waals surface area (Å²) in [6.45, 7) is 2.10. The fraction of sp³-hybridized carbons (Fsp3) is 0.158. The number of carbonyl (C=O) groups excluding carboxylic acids is 1. The van der Waals surface area contributed by atoms with Crippen molar-refractivity contribution >= 4 is 27.5 Å². The molecule has 0 unspecified atom stereocenters. The number of imidazole rings is 1. The molecule has 146 valence electrons. The molecule has 0 spiro atoms. The lowest BCUT2D eigenvalue weighted by Crippen LogP contribution is -2.30. The van der Waals surface area contributed by atoms with Crippen molar-refractivity contribution in [3.8, 4) is 5.75 Å². The highest BCUT2D eigenvalue weighted by molar-refractivity contribution is 7.90. The first kappa shape index (κ1) is 19.9. The molecule has 0 aliphatic carbocycles. The van der Waals surface area contributed by atoms with E-state index in [0.29, 0.717) is 23.1 Å². The van der Waals surface area contributed by atoms with E-state index in [1.54, 1.807) is 48.9 Å². The van der Waals surface area contributed by atoms with E-state index < -0.39 is 15.9 Å². The van der Waals surface area contributed by atoms with Gasteiger partial charge in [0.15, 0.2) is 0 Å². The highest BCUT2D eigenvalue weighted by Crippen LogP contribution is 2.23. The van der Waals surface area contributed by atoms with Crippen LogP contribution in [0.2, 0.25) is 5.02 Å². The summed E-state index contributed by atoms with van der Waals surface area (Å²) in [7, 11) is -2.41. The van der Waals surface area contributed by atoms with Crippen LogP contribution in [-0.2, 0) is 16.6 Å². The molecule has 0 saturated heterocycles. The Kier molecular flexibility index (Phi) is 5.71. The normalized spacial score (nSPS) is 11.2. The van der Waals surface area contributed by atoms with E-state index in [9.17, 15) is 13.2 Å². The number of halogens is 1. The average Bonchev–Trinajstić information content (AvgIpc) is 3.04. The average molecular weight is 420 g/mol. The van der Waals surface area contributed by atoms with Gasteiger partial charge < -0.3 is 9.30 Å². The van der Waals surface area contributed by atoms with Crippen LogP contribution in [0.3, 0.4) is 0 Å². The number of nitrogens with one attached hydrogen (secondary N) is 1. The van der Waals surface area contributed by atoms with Crippen LogP contribution in [-0.4, -0.2) is 31.0 Å². The van der Waals surface area contributed by atoms with Crippen molar-refractivity contribution in [1.29, 1.82) is 0 Å². The molecule has 0 saturated carbocycles. The highest BCUT2D eigenvalue weighted by Gasteiger charge is 2.21. The Labute approximate surface area is 168 Å². The van der Waals surface area contributed by atoms with E-state index >= 15 is 0 Å². The van der Waals surface area contributed by atoms with Gasteiger partial charge in [-0.2, -0.15) is 0 Å². The van der Waals surface area contributed by atoms with Gasteiger partial charge in [-0.3, -0.25) is 4.79 Å². The molecule has 28 heavy (non-hydrogen) atoms. The molecule has 3 aromatic rings. The van der Waals surface area contributed by atoms with Crippen LogP contribution in [0.4, 0.5) is 0 Å². The van der Waals surface area contributed by atoms with E-state index in [1.807, 2.05) is 10.8 Å². The third kappa shape index (κ3) is 4.35. The van der Waals surface area contributed by atoms with Gasteiger partial charge >= 0.3 is 0 Å². The van der Waals surface area contributed by atoms with Crippen molar-refractivity contribution in [3.05, 3.63) is 76.8 Å². The Bertz CT molecular complexity index is 1110. The van der Waals surface area contributed by atoms with Gasteiger partial charge in [0.1, 0.15) is 17.3 Å². The maximum atomic E-state index is 12.4. The van der Waals surface area contributed by atoms with Crippen LogP contribution in [0, 0.1) is 6.92 Å². The minimum atomic E-state index is -3.97. The number of hydrogen-bond donors (Lipinski definition) is 1. The molecule has 2 aromatic carbocycles. The molecule has 1 amide bonds. The summed E-state index contributed by atoms with van der Waals surface area (Å²) < 4.78 is 33.5. The molecule has 9 heteroatoms. The number of aromatic nitrogens is 2. The van der Waals surface area contributed by atoms with Gasteiger partial charge in [-0.05, 0) is 36.8 Å². The molecule has 0 fully saturated rings. The smallest absolute Gasteiger partial charge is 0.285 e. The number of methoxy groups -OCH3 is 1. The number of rotatable bonds is 6. The van der Waals surface area contributed by atoms with E-state index in [-0.39, 0.29) is 10.6 Å². The van der Waals surface area contributed by atoms with Gasteiger partial charge in [0.25, 0.3) is 15.9 Å². The van der Waals surface area contributed by atoms with Crippen molar-refractivity contribution in [2.24, 2.45) is 0 Å². The lowest BCUT2D eigenvalue weighted by molar-refractivity contribution is 0.0977. The summed E-state index contributed by atoms with van der Waals surface area (Å²) in [6.07, 6.45) is 1.49. The Morgan fingerprint density at radius 3 is 2.57 bits per heavy atom. The maximum absolute atomic E-state index is 12.4. The standard InChI is InChI=1S/C19H18ClN3O4S/c1-13-21-18(19(24)22-28(25,26)16-6-4-3-5-7-16)12-23(13)11-14-8-9-15(27-2)10-17(14)20/h3-10,12H,11H2,1-2H3,(H,22,24). The molecule has 0 bridgehead atoms. The number of nitrogens with zero attached hydrogens (tertiary/aromatic N) is 2. The zero-order chi connectivity index (χ0) is 20.3. The predicted octanol–water partition coefficient (Wildman–Crippen LogP) is 3.02. The van der Waals surface area contributed by atoms with E-state index in [2.05, 4.69) is 4.98 Å². The number of carbonyl (C=O) groups is 1. The molecule has 0 atom stereocenters. The summed E-state index contributed by atoms with van der Waals surface area (Å²) in [5.74, 6) is 0.392. The van der Waals surface area contributed by atoms with Crippen LogP contribution >= 0.6 is 11.6 Å². The number of aryl methyl sites for hydroxylation is 1. The Hall–Kier alpha value is -2.84. The van der Waals surface area contributed by atoms with Crippen LogP contribution in [0.15, 0.2) is 59.6 Å². The Morgan fingerprint density at radius 2 is 1.93 bits per heavy atom. The lowest BCUT2D eigenvalue weighted by atomic mass is 10.2. The largest absolute Gasteiger partial charge is 0.497 e. The fourth-order valence-electron chi connectivity index (χ4n) is 2.58. The number of amides is 1. The molecule has 1 heterocycles. The van der Waals surface area contributed by atoms with E-state index in [0.717, 1.165) is 5.56 Å². The summed E-state index contributed by atoms with van der Waals surface area (Å²) >= 11 is 6.26. The second-order valence-corrected chi connectivity index (χ2v) is 8.10. The quantitative estimate of drug-likeness (QED) is 0.663. The Morgan fingerprint density at radius 1 is 1.21 bits per heavy atom. The molecular formula is C19H18ClN3O4S. The number of benzene rings is 2. The predicted molar refractivity (Wildman–Crippen MR) is 105 cm³/mol. The SMILES string of the molecule is COc1ccc(Cn2cc(C(=O)NS(=O)(=O)c3ccccc3)nc2C)c(Cl)c1. The van der Waals surface area contributed by atoms with Gasteiger partial charge in [0.2, 0.25) is 0 Å². The first-order chi connectivity index (χ1) is 13.3. The van der Waals surface area contributed by atoms with Crippen LogP contribution in [0.25, 0.3) is 0 Å². The van der Waals surface area contributed by atoms with E-state index in [4.69, 9.17) is 16.3 Å². The summed E-state index contributed by atoms with van der Waals surface area (Å²) in [5.41, 5.74) is 0.813. The van der Waals surface area contributed by atoms with Crippen molar-refractivity contribution in [1.82, 2.24) is 14.3 Å². The van der Waals surface area contributed by atoms with Gasteiger partial charge in [0.05, 0.1) is 18.6 Å². The lowest BCUT2D eigenvalue weighted by Gasteiger charge is -2.08. The zero-order valence-electron chi connectivity index (χ0n) is 15.2. The van der Waals surface area contributed by atoms with Crippen LogP contribution in [0.5, 0.6) is 5.75 Å². The van der Waals surface area contributed by atoms with Crippen LogP contribution in [0.1, 0.15) is 21.9 Å². The van der Waals surface area contributed by atoms with Gasteiger partial charge in [-0.15, -0.1) is 0 Å². The monoisotopic (exact) mass is 419 g/mol.